The van der Waals surface area contributed by atoms with Crippen molar-refractivity contribution < 1.29 is 14.2 Å². The van der Waals surface area contributed by atoms with Crippen molar-refractivity contribution in [1.82, 2.24) is 14.7 Å². The average molecular weight is 432 g/mol. The lowest BCUT2D eigenvalue weighted by Gasteiger charge is -2.42. The van der Waals surface area contributed by atoms with Gasteiger partial charge in [-0.3, -0.25) is 4.90 Å². The van der Waals surface area contributed by atoms with Crippen LogP contribution in [0.1, 0.15) is 31.2 Å². The van der Waals surface area contributed by atoms with Gasteiger partial charge in [0.15, 0.2) is 0 Å². The molecule has 6 heteroatoms. The van der Waals surface area contributed by atoms with Crippen LogP contribution < -0.4 is 4.74 Å². The molecule has 0 radical (unpaired) electrons. The largest absolute Gasteiger partial charge is 0.494 e. The molecule has 0 amide bonds. The third-order valence-corrected chi connectivity index (χ3v) is 7.41. The molecule has 3 heterocycles. The van der Waals surface area contributed by atoms with Crippen LogP contribution in [0.4, 0.5) is 0 Å². The molecule has 0 spiro atoms. The highest BCUT2D eigenvalue weighted by Gasteiger charge is 2.36. The zero-order valence-electron chi connectivity index (χ0n) is 19.6. The zero-order valence-corrected chi connectivity index (χ0v) is 19.6. The van der Waals surface area contributed by atoms with E-state index in [1.54, 1.807) is 0 Å². The number of hydrogen-bond donors (Lipinski definition) is 0. The van der Waals surface area contributed by atoms with Crippen molar-refractivity contribution >= 4 is 0 Å². The maximum Gasteiger partial charge on any atom is 0.119 e. The lowest BCUT2D eigenvalue weighted by Crippen LogP contribution is -2.48. The topological polar surface area (TPSA) is 37.4 Å². The Balaban J connectivity index is 1.27. The molecule has 3 aliphatic heterocycles. The van der Waals surface area contributed by atoms with E-state index in [1.807, 2.05) is 0 Å². The predicted octanol–water partition coefficient (Wildman–Crippen LogP) is 2.47. The number of nitrogens with zero attached hydrogens (tertiary/aromatic N) is 3. The first-order chi connectivity index (χ1) is 15.1. The second-order valence-electron chi connectivity index (χ2n) is 9.71. The molecule has 31 heavy (non-hydrogen) atoms. The van der Waals surface area contributed by atoms with Gasteiger partial charge in [-0.15, -0.1) is 0 Å². The highest BCUT2D eigenvalue weighted by atomic mass is 16.5. The summed E-state index contributed by atoms with van der Waals surface area (Å²) in [5.41, 5.74) is 1.62. The molecule has 0 bridgehead atoms. The summed E-state index contributed by atoms with van der Waals surface area (Å²) in [5, 5.41) is 0. The zero-order chi connectivity index (χ0) is 21.5. The van der Waals surface area contributed by atoms with Gasteiger partial charge >= 0.3 is 0 Å². The molecule has 174 valence electrons. The van der Waals surface area contributed by atoms with Gasteiger partial charge in [0.2, 0.25) is 0 Å². The van der Waals surface area contributed by atoms with E-state index in [9.17, 15) is 0 Å². The maximum atomic E-state index is 6.08. The Morgan fingerprint density at radius 1 is 0.968 bits per heavy atom. The summed E-state index contributed by atoms with van der Waals surface area (Å²) in [6.45, 7) is 10.9. The van der Waals surface area contributed by atoms with E-state index in [0.717, 1.165) is 84.2 Å². The first kappa shape index (κ1) is 23.0. The van der Waals surface area contributed by atoms with Crippen LogP contribution in [-0.4, -0.2) is 107 Å². The smallest absolute Gasteiger partial charge is 0.119 e. The predicted molar refractivity (Wildman–Crippen MR) is 124 cm³/mol. The summed E-state index contributed by atoms with van der Waals surface area (Å²) < 4.78 is 17.3. The molecular formula is C25H41N3O3. The number of likely N-dealkylation sites (tertiary alicyclic amines) is 1. The third-order valence-electron chi connectivity index (χ3n) is 7.41. The summed E-state index contributed by atoms with van der Waals surface area (Å²) in [4.78, 5) is 7.48. The summed E-state index contributed by atoms with van der Waals surface area (Å²) in [6, 6.07) is 9.64. The summed E-state index contributed by atoms with van der Waals surface area (Å²) in [7, 11) is 4.37. The molecule has 0 aromatic heterocycles. The van der Waals surface area contributed by atoms with E-state index in [1.165, 1.54) is 25.1 Å². The van der Waals surface area contributed by atoms with Crippen molar-refractivity contribution in [2.24, 2.45) is 0 Å². The molecule has 0 unspecified atom stereocenters. The van der Waals surface area contributed by atoms with Gasteiger partial charge in [-0.25, -0.2) is 0 Å². The fraction of sp³-hybridized carbons (Fsp3) is 0.760. The van der Waals surface area contributed by atoms with Crippen LogP contribution in [0.3, 0.4) is 0 Å². The van der Waals surface area contributed by atoms with Crippen LogP contribution in [0.15, 0.2) is 24.3 Å². The maximum absolute atomic E-state index is 6.08. The van der Waals surface area contributed by atoms with Gasteiger partial charge in [-0.2, -0.15) is 0 Å². The van der Waals surface area contributed by atoms with Crippen LogP contribution in [0, 0.1) is 0 Å². The first-order valence-electron chi connectivity index (χ1n) is 12.1. The SMILES string of the molecule is CN(C)[C@@H]1CCN(CCCOc2ccc(C3(CN4CCOCC4)CCOCC3)cc2)C1. The van der Waals surface area contributed by atoms with Crippen LogP contribution >= 0.6 is 0 Å². The van der Waals surface area contributed by atoms with E-state index >= 15 is 0 Å². The van der Waals surface area contributed by atoms with Gasteiger partial charge in [0.25, 0.3) is 0 Å². The third kappa shape index (κ3) is 6.20. The second-order valence-corrected chi connectivity index (χ2v) is 9.71. The molecule has 1 aromatic rings. The average Bonchev–Trinajstić information content (AvgIpc) is 3.28. The Bertz CT molecular complexity index is 654. The lowest BCUT2D eigenvalue weighted by atomic mass is 9.73. The van der Waals surface area contributed by atoms with Crippen LogP contribution in [-0.2, 0) is 14.9 Å². The van der Waals surface area contributed by atoms with E-state index in [0.29, 0.717) is 6.04 Å². The standard InChI is InChI=1S/C25H41N3O3/c1-26(2)23-8-12-27(20-23)11-3-15-31-24-6-4-22(5-7-24)25(9-16-29-17-10-25)21-28-13-18-30-19-14-28/h4-7,23H,3,8-21H2,1-2H3/t23-/m1/s1. The minimum absolute atomic E-state index is 0.187. The summed E-state index contributed by atoms with van der Waals surface area (Å²) >= 11 is 0. The van der Waals surface area contributed by atoms with Gasteiger partial charge in [0.05, 0.1) is 19.8 Å². The van der Waals surface area contributed by atoms with Crippen LogP contribution in [0.25, 0.3) is 0 Å². The first-order valence-corrected chi connectivity index (χ1v) is 12.1. The number of ether oxygens (including phenoxy) is 3. The van der Waals surface area contributed by atoms with Crippen LogP contribution in [0.2, 0.25) is 0 Å². The Labute approximate surface area is 188 Å². The van der Waals surface area contributed by atoms with Gasteiger partial charge in [0, 0.05) is 57.4 Å². The molecule has 3 fully saturated rings. The minimum atomic E-state index is 0.187. The summed E-state index contributed by atoms with van der Waals surface area (Å²) in [6.07, 6.45) is 4.55. The fourth-order valence-corrected chi connectivity index (χ4v) is 5.31. The Morgan fingerprint density at radius 2 is 1.68 bits per heavy atom. The highest BCUT2D eigenvalue weighted by molar-refractivity contribution is 5.33. The van der Waals surface area contributed by atoms with Crippen molar-refractivity contribution in [3.63, 3.8) is 0 Å². The quantitative estimate of drug-likeness (QED) is 0.559. The molecule has 0 aliphatic carbocycles. The lowest BCUT2D eigenvalue weighted by molar-refractivity contribution is -0.00119. The molecule has 3 aliphatic rings. The second kappa shape index (κ2) is 11.1. The van der Waals surface area contributed by atoms with Gasteiger partial charge in [-0.05, 0) is 64.0 Å². The van der Waals surface area contributed by atoms with E-state index in [4.69, 9.17) is 14.2 Å². The molecular weight excluding hydrogens is 390 g/mol. The fourth-order valence-electron chi connectivity index (χ4n) is 5.31. The number of benzene rings is 1. The Morgan fingerprint density at radius 3 is 2.35 bits per heavy atom. The molecule has 6 nitrogen and oxygen atoms in total. The van der Waals surface area contributed by atoms with E-state index in [-0.39, 0.29) is 5.41 Å². The minimum Gasteiger partial charge on any atom is -0.494 e. The van der Waals surface area contributed by atoms with E-state index in [2.05, 4.69) is 53.1 Å². The summed E-state index contributed by atoms with van der Waals surface area (Å²) in [5.74, 6) is 0.991. The molecule has 0 N–H and O–H groups in total. The van der Waals surface area contributed by atoms with Gasteiger partial charge in [0.1, 0.15) is 5.75 Å². The normalized spacial score (nSPS) is 25.2. The molecule has 1 atom stereocenters. The number of hydrogen-bond acceptors (Lipinski definition) is 6. The van der Waals surface area contributed by atoms with Crippen molar-refractivity contribution in [3.8, 4) is 5.75 Å². The Hall–Kier alpha value is -1.18. The number of morpholine rings is 1. The van der Waals surface area contributed by atoms with Gasteiger partial charge < -0.3 is 24.0 Å². The molecule has 1 aromatic carbocycles. The monoisotopic (exact) mass is 431 g/mol. The van der Waals surface area contributed by atoms with Crippen molar-refractivity contribution in [3.05, 3.63) is 29.8 Å². The van der Waals surface area contributed by atoms with Crippen LogP contribution in [0.5, 0.6) is 5.75 Å². The number of rotatable bonds is 9. The Kier molecular flexibility index (Phi) is 8.24. The van der Waals surface area contributed by atoms with Gasteiger partial charge in [-0.1, -0.05) is 12.1 Å². The van der Waals surface area contributed by atoms with Crippen molar-refractivity contribution in [2.75, 3.05) is 86.4 Å². The molecule has 3 saturated heterocycles. The van der Waals surface area contributed by atoms with Crippen molar-refractivity contribution in [1.29, 1.82) is 0 Å². The molecule has 4 rings (SSSR count). The van der Waals surface area contributed by atoms with Crippen molar-refractivity contribution in [2.45, 2.75) is 37.1 Å². The highest BCUT2D eigenvalue weighted by Crippen LogP contribution is 2.36. The van der Waals surface area contributed by atoms with E-state index < -0.39 is 0 Å². The number of likely N-dealkylation sites (N-methyl/N-ethyl adjacent to an activating group) is 1. The molecule has 0 saturated carbocycles.